The number of carbonyl (C=O) groups is 3. The molecule has 1 aliphatic carbocycles. The van der Waals surface area contributed by atoms with Crippen LogP contribution in [0.2, 0.25) is 11.4 Å². The van der Waals surface area contributed by atoms with E-state index in [4.69, 9.17) is 14.2 Å². The summed E-state index contributed by atoms with van der Waals surface area (Å²) >= 11 is 3.53. The molecule has 0 spiro atoms. The van der Waals surface area contributed by atoms with Gasteiger partial charge in [0.2, 0.25) is 11.8 Å². The Hall–Kier alpha value is -4.66. The van der Waals surface area contributed by atoms with Crippen LogP contribution in [0.5, 0.6) is 5.75 Å². The monoisotopic (exact) mass is 904 g/mol. The first-order chi connectivity index (χ1) is 29.3. The van der Waals surface area contributed by atoms with Gasteiger partial charge in [-0.1, -0.05) is 110 Å². The molecule has 2 amide bonds. The van der Waals surface area contributed by atoms with Crippen LogP contribution in [0.15, 0.2) is 119 Å². The van der Waals surface area contributed by atoms with Crippen LogP contribution in [0.4, 0.5) is 0 Å². The lowest BCUT2D eigenvalue weighted by Gasteiger charge is -2.46. The molecular formula is C48H54BBrN2O8Si. The number of aromatic hydroxyl groups is 1. The van der Waals surface area contributed by atoms with Crippen molar-refractivity contribution in [2.45, 2.75) is 83.2 Å². The van der Waals surface area contributed by atoms with Gasteiger partial charge in [0, 0.05) is 29.2 Å². The summed E-state index contributed by atoms with van der Waals surface area (Å²) in [6.45, 7) is 7.11. The van der Waals surface area contributed by atoms with E-state index in [2.05, 4.69) is 66.0 Å². The summed E-state index contributed by atoms with van der Waals surface area (Å²) in [5.41, 5.74) is 4.05. The molecule has 3 N–H and O–H groups in total. The van der Waals surface area contributed by atoms with Gasteiger partial charge in [-0.2, -0.15) is 0 Å². The molecule has 0 radical (unpaired) electrons. The lowest BCUT2D eigenvalue weighted by atomic mass is 9.58. The number of benzene rings is 3. The number of halogens is 1. The number of fused-ring (bicyclic) bond motifs is 3. The summed E-state index contributed by atoms with van der Waals surface area (Å²) in [5, 5.41) is 33.3. The lowest BCUT2D eigenvalue weighted by Crippen LogP contribution is -2.66. The van der Waals surface area contributed by atoms with Crippen molar-refractivity contribution in [2.75, 3.05) is 13.2 Å². The number of carboxylic acids is 1. The largest absolute Gasteiger partial charge is 0.507 e. The molecule has 4 atom stereocenters. The summed E-state index contributed by atoms with van der Waals surface area (Å²) in [6.07, 6.45) is 6.02. The summed E-state index contributed by atoms with van der Waals surface area (Å²) < 4.78 is 14.8. The third kappa shape index (κ3) is 9.56. The third-order valence-electron chi connectivity index (χ3n) is 12.5. The Bertz CT molecular complexity index is 2230. The second kappa shape index (κ2) is 19.2. The molecule has 10 nitrogen and oxygen atoms in total. The number of pyridine rings is 1. The van der Waals surface area contributed by atoms with Crippen LogP contribution in [0, 0.1) is 17.8 Å². The molecule has 61 heavy (non-hydrogen) atoms. The fourth-order valence-corrected chi connectivity index (χ4v) is 14.7. The van der Waals surface area contributed by atoms with Gasteiger partial charge in [-0.3, -0.25) is 24.3 Å². The van der Waals surface area contributed by atoms with Crippen molar-refractivity contribution in [3.8, 4) is 5.75 Å². The van der Waals surface area contributed by atoms with Crippen LogP contribution < -0.4 is 10.4 Å². The number of imide groups is 1. The van der Waals surface area contributed by atoms with Crippen LogP contribution in [-0.4, -0.2) is 77.6 Å². The van der Waals surface area contributed by atoms with Crippen molar-refractivity contribution in [3.05, 3.63) is 130 Å². The number of hydrogen-bond donors (Lipinski definition) is 3. The molecule has 4 aromatic rings. The molecule has 3 aromatic carbocycles. The molecular weight excluding hydrogens is 851 g/mol. The highest BCUT2D eigenvalue weighted by atomic mass is 79.9. The maximum atomic E-state index is 14.4. The molecule has 3 aliphatic rings. The first kappa shape index (κ1) is 44.4. The van der Waals surface area contributed by atoms with Crippen LogP contribution in [0.1, 0.15) is 77.0 Å². The average Bonchev–Trinajstić information content (AvgIpc) is 3.48. The van der Waals surface area contributed by atoms with E-state index in [1.54, 1.807) is 18.3 Å². The number of aliphatic carboxylic acids is 1. The number of likely N-dealkylation sites (tertiary alicyclic amines) is 1. The number of carbonyl (C=O) groups excluding carboxylic acids is 2. The van der Waals surface area contributed by atoms with E-state index in [1.165, 1.54) is 4.90 Å². The first-order valence-electron chi connectivity index (χ1n) is 21.3. The SMILES string of the molecule is CC(C)(C)[Si](OCC1=C2[C@@H](CC/C(=C/c3cc(Br)ccc3O)c3ccccn3)OB(O)C[C@@H]2[C@@H]2C(=O)N(CCCCCC(=O)O)C(=O)[C@@H]2C1)(c1ccccc1)c1ccccc1. The van der Waals surface area contributed by atoms with Crippen LogP contribution >= 0.6 is 15.9 Å². The van der Waals surface area contributed by atoms with E-state index in [1.807, 2.05) is 66.7 Å². The van der Waals surface area contributed by atoms with Gasteiger partial charge in [-0.15, -0.1) is 0 Å². The Balaban J connectivity index is 1.29. The Kier molecular flexibility index (Phi) is 13.9. The van der Waals surface area contributed by atoms with Crippen molar-refractivity contribution >= 4 is 71.2 Å². The highest BCUT2D eigenvalue weighted by Gasteiger charge is 2.58. The van der Waals surface area contributed by atoms with Crippen LogP contribution in [0.25, 0.3) is 11.6 Å². The Morgan fingerprint density at radius 1 is 0.934 bits per heavy atom. The maximum Gasteiger partial charge on any atom is 0.455 e. The quantitative estimate of drug-likeness (QED) is 0.0442. The van der Waals surface area contributed by atoms with Crippen molar-refractivity contribution in [1.29, 1.82) is 0 Å². The van der Waals surface area contributed by atoms with Gasteiger partial charge < -0.3 is 24.3 Å². The van der Waals surface area contributed by atoms with Crippen LogP contribution in [-0.2, 0) is 23.5 Å². The molecule has 13 heteroatoms. The van der Waals surface area contributed by atoms with E-state index < -0.39 is 45.3 Å². The van der Waals surface area contributed by atoms with Crippen molar-refractivity contribution in [2.24, 2.45) is 17.8 Å². The number of allylic oxidation sites excluding steroid dienone is 1. The van der Waals surface area contributed by atoms with Gasteiger partial charge in [0.1, 0.15) is 5.75 Å². The molecule has 2 saturated heterocycles. The van der Waals surface area contributed by atoms with Crippen molar-refractivity contribution < 1.29 is 38.7 Å². The van der Waals surface area contributed by atoms with Gasteiger partial charge in [0.25, 0.3) is 8.32 Å². The first-order valence-corrected chi connectivity index (χ1v) is 24.0. The number of aromatic nitrogens is 1. The molecule has 1 aromatic heterocycles. The summed E-state index contributed by atoms with van der Waals surface area (Å²) in [5.74, 6) is -2.95. The average molecular weight is 906 g/mol. The number of nitrogens with zero attached hydrogens (tertiary/aromatic N) is 2. The maximum absolute atomic E-state index is 14.4. The minimum absolute atomic E-state index is 0.0394. The Morgan fingerprint density at radius 2 is 1.62 bits per heavy atom. The molecule has 3 heterocycles. The van der Waals surface area contributed by atoms with Crippen LogP contribution in [0.3, 0.4) is 0 Å². The molecule has 0 unspecified atom stereocenters. The minimum Gasteiger partial charge on any atom is -0.507 e. The van der Waals surface area contributed by atoms with E-state index in [0.717, 1.165) is 37.3 Å². The molecule has 0 saturated carbocycles. The number of carboxylic acid groups (broad SMARTS) is 1. The van der Waals surface area contributed by atoms with Gasteiger partial charge in [0.15, 0.2) is 0 Å². The zero-order valence-corrected chi connectivity index (χ0v) is 37.6. The number of phenols is 1. The second-order valence-electron chi connectivity index (χ2n) is 17.4. The zero-order valence-electron chi connectivity index (χ0n) is 35.0. The predicted molar refractivity (Wildman–Crippen MR) is 243 cm³/mol. The highest BCUT2D eigenvalue weighted by molar-refractivity contribution is 9.10. The minimum atomic E-state index is -3.04. The van der Waals surface area contributed by atoms with Gasteiger partial charge in [0.05, 0.1) is 30.2 Å². The van der Waals surface area contributed by atoms with E-state index >= 15 is 0 Å². The number of amides is 2. The summed E-state index contributed by atoms with van der Waals surface area (Å²) in [7, 11) is -4.21. The molecule has 7 rings (SSSR count). The van der Waals surface area contributed by atoms with Gasteiger partial charge in [-0.25, -0.2) is 0 Å². The predicted octanol–water partition coefficient (Wildman–Crippen LogP) is 7.89. The Morgan fingerprint density at radius 3 is 2.26 bits per heavy atom. The number of rotatable bonds is 16. The third-order valence-corrected chi connectivity index (χ3v) is 18.0. The van der Waals surface area contributed by atoms with Gasteiger partial charge in [-0.05, 0) is 113 Å². The molecule has 2 fully saturated rings. The second-order valence-corrected chi connectivity index (χ2v) is 22.6. The van der Waals surface area contributed by atoms with E-state index in [-0.39, 0.29) is 48.5 Å². The highest BCUT2D eigenvalue weighted by Crippen LogP contribution is 2.51. The fraction of sp³-hybridized carbons (Fsp3) is 0.375. The number of hydrogen-bond acceptors (Lipinski definition) is 8. The smallest absolute Gasteiger partial charge is 0.455 e. The fourth-order valence-electron chi connectivity index (χ4n) is 9.80. The van der Waals surface area contributed by atoms with E-state index in [0.29, 0.717) is 44.1 Å². The van der Waals surface area contributed by atoms with Crippen molar-refractivity contribution in [3.63, 3.8) is 0 Å². The number of phenolic OH excluding ortho intramolecular Hbond substituents is 1. The zero-order chi connectivity index (χ0) is 43.3. The van der Waals surface area contributed by atoms with Crippen molar-refractivity contribution in [1.82, 2.24) is 9.88 Å². The molecule has 318 valence electrons. The van der Waals surface area contributed by atoms with Gasteiger partial charge >= 0.3 is 13.1 Å². The molecule has 0 bridgehead atoms. The van der Waals surface area contributed by atoms with E-state index in [9.17, 15) is 24.5 Å². The summed E-state index contributed by atoms with van der Waals surface area (Å²) in [4.78, 5) is 45.9. The normalized spacial score (nSPS) is 20.8. The lowest BCUT2D eigenvalue weighted by molar-refractivity contribution is -0.141. The Labute approximate surface area is 368 Å². The standard InChI is InChI=1S/C48H54BBrN2O8Si/c1-48(2,3)61(36-15-7-4-8-16-36,37-17-9-5-10-18-37)59-31-34-29-38-45(47(57)52(46(38)56)26-14-6-11-20-43(54)55)39-30-49(58)60-42(44(34)39)24-21-32(40-19-12-13-25-51-40)27-33-28-35(50)22-23-41(33)53/h4-5,7-10,12-13,15-19,22-23,25,27-28,38-39,42,45,53,58H,6,11,14,20-21,24,26,29-31H2,1-3H3,(H,54,55)/b32-27-/t38-,39+,42-,45-/m1/s1. The topological polar surface area (TPSA) is 146 Å². The molecule has 2 aliphatic heterocycles. The number of unbranched alkanes of at least 4 members (excludes halogenated alkanes) is 2. The summed E-state index contributed by atoms with van der Waals surface area (Å²) in [6, 6.07) is 31.7.